The Morgan fingerprint density at radius 3 is 2.18 bits per heavy atom. The summed E-state index contributed by atoms with van der Waals surface area (Å²) in [6.45, 7) is 0.792. The van der Waals surface area contributed by atoms with Crippen LogP contribution >= 0.6 is 24.8 Å². The largest absolute Gasteiger partial charge is 0.416 e. The van der Waals surface area contributed by atoms with Gasteiger partial charge in [0.15, 0.2) is 0 Å². The van der Waals surface area contributed by atoms with E-state index >= 15 is 0 Å². The molecule has 0 aliphatic carbocycles. The number of carbonyl (C=O) groups is 1. The minimum Gasteiger partial charge on any atom is -0.350 e. The molecular formula is C13H20Cl2F3N3O. The lowest BCUT2D eigenvalue weighted by molar-refractivity contribution is -0.137. The lowest BCUT2D eigenvalue weighted by atomic mass is 10.1. The second-order valence-corrected chi connectivity index (χ2v) is 4.48. The van der Waals surface area contributed by atoms with E-state index in [0.29, 0.717) is 13.0 Å². The van der Waals surface area contributed by atoms with Crippen LogP contribution in [0, 0.1) is 0 Å². The number of amides is 1. The van der Waals surface area contributed by atoms with E-state index < -0.39 is 17.6 Å². The summed E-state index contributed by atoms with van der Waals surface area (Å²) in [4.78, 5) is 11.7. The van der Waals surface area contributed by atoms with E-state index in [-0.39, 0.29) is 43.0 Å². The first-order valence-electron chi connectivity index (χ1n) is 6.25. The van der Waals surface area contributed by atoms with Crippen LogP contribution in [0.15, 0.2) is 24.3 Å². The number of hydrogen-bond donors (Lipinski definition) is 3. The average Bonchev–Trinajstić information content (AvgIpc) is 2.41. The number of alkyl halides is 3. The van der Waals surface area contributed by atoms with Crippen LogP contribution in [-0.4, -0.2) is 25.0 Å². The van der Waals surface area contributed by atoms with E-state index in [2.05, 4.69) is 5.32 Å². The molecule has 5 N–H and O–H groups in total. The summed E-state index contributed by atoms with van der Waals surface area (Å²) in [5.41, 5.74) is 10.5. The van der Waals surface area contributed by atoms with Crippen LogP contribution in [0.3, 0.4) is 0 Å². The molecule has 1 amide bonds. The standard InChI is InChI=1S/C13H18F3N3O.2ClH/c14-13(15,16)10-5-3-9(4-6-10)12(20)19-8-11(18)2-1-7-17;;/h3-6,11H,1-2,7-8,17-18H2,(H,19,20);2*1H/t11-;;/m0../s1. The van der Waals surface area contributed by atoms with E-state index in [0.717, 1.165) is 30.7 Å². The number of benzene rings is 1. The van der Waals surface area contributed by atoms with Crippen LogP contribution in [0.4, 0.5) is 13.2 Å². The fourth-order valence-corrected chi connectivity index (χ4v) is 1.62. The van der Waals surface area contributed by atoms with E-state index in [1.54, 1.807) is 0 Å². The summed E-state index contributed by atoms with van der Waals surface area (Å²) in [6.07, 6.45) is -2.96. The highest BCUT2D eigenvalue weighted by molar-refractivity contribution is 5.94. The molecule has 0 radical (unpaired) electrons. The molecule has 0 aliphatic rings. The van der Waals surface area contributed by atoms with Crippen molar-refractivity contribution in [1.29, 1.82) is 0 Å². The van der Waals surface area contributed by atoms with Crippen LogP contribution in [0.1, 0.15) is 28.8 Å². The molecule has 0 spiro atoms. The average molecular weight is 362 g/mol. The minimum absolute atomic E-state index is 0. The van der Waals surface area contributed by atoms with Crippen LogP contribution < -0.4 is 16.8 Å². The first-order valence-corrected chi connectivity index (χ1v) is 6.25. The van der Waals surface area contributed by atoms with Gasteiger partial charge < -0.3 is 16.8 Å². The number of carbonyl (C=O) groups excluding carboxylic acids is 1. The maximum atomic E-state index is 12.4. The third kappa shape index (κ3) is 7.84. The molecule has 0 saturated heterocycles. The molecule has 0 bridgehead atoms. The Morgan fingerprint density at radius 1 is 1.18 bits per heavy atom. The van der Waals surface area contributed by atoms with Gasteiger partial charge in [0.05, 0.1) is 5.56 Å². The molecule has 0 fully saturated rings. The molecule has 22 heavy (non-hydrogen) atoms. The smallest absolute Gasteiger partial charge is 0.350 e. The van der Waals surface area contributed by atoms with Gasteiger partial charge >= 0.3 is 6.18 Å². The van der Waals surface area contributed by atoms with Crippen LogP contribution in [0.2, 0.25) is 0 Å². The zero-order chi connectivity index (χ0) is 15.2. The number of nitrogens with two attached hydrogens (primary N) is 2. The monoisotopic (exact) mass is 361 g/mol. The lowest BCUT2D eigenvalue weighted by Crippen LogP contribution is -2.37. The van der Waals surface area contributed by atoms with Crippen LogP contribution in [0.5, 0.6) is 0 Å². The van der Waals surface area contributed by atoms with Gasteiger partial charge in [-0.3, -0.25) is 4.79 Å². The molecule has 4 nitrogen and oxygen atoms in total. The fraction of sp³-hybridized carbons (Fsp3) is 0.462. The minimum atomic E-state index is -4.40. The summed E-state index contributed by atoms with van der Waals surface area (Å²) >= 11 is 0. The Balaban J connectivity index is 0. The van der Waals surface area contributed by atoms with Crippen molar-refractivity contribution in [3.8, 4) is 0 Å². The van der Waals surface area contributed by atoms with Crippen molar-refractivity contribution in [3.05, 3.63) is 35.4 Å². The molecule has 128 valence electrons. The molecule has 1 atom stereocenters. The Hall–Kier alpha value is -1.02. The van der Waals surface area contributed by atoms with Crippen molar-refractivity contribution in [1.82, 2.24) is 5.32 Å². The predicted molar refractivity (Wildman–Crippen MR) is 84.5 cm³/mol. The zero-order valence-corrected chi connectivity index (χ0v) is 13.4. The van der Waals surface area contributed by atoms with Gasteiger partial charge in [-0.25, -0.2) is 0 Å². The summed E-state index contributed by atoms with van der Waals surface area (Å²) in [7, 11) is 0. The third-order valence-corrected chi connectivity index (χ3v) is 2.78. The fourth-order valence-electron chi connectivity index (χ4n) is 1.62. The Kier molecular flexibility index (Phi) is 11.3. The van der Waals surface area contributed by atoms with Gasteiger partial charge in [0.2, 0.25) is 0 Å². The number of halogens is 5. The van der Waals surface area contributed by atoms with E-state index in [1.807, 2.05) is 0 Å². The Morgan fingerprint density at radius 2 is 1.73 bits per heavy atom. The number of hydrogen-bond acceptors (Lipinski definition) is 3. The van der Waals surface area contributed by atoms with Gasteiger partial charge in [0.1, 0.15) is 0 Å². The van der Waals surface area contributed by atoms with Gasteiger partial charge in [0, 0.05) is 18.2 Å². The third-order valence-electron chi connectivity index (χ3n) is 2.78. The summed E-state index contributed by atoms with van der Waals surface area (Å²) < 4.78 is 37.1. The first-order chi connectivity index (χ1) is 9.34. The molecule has 9 heteroatoms. The normalized spacial score (nSPS) is 11.9. The predicted octanol–water partition coefficient (Wildman–Crippen LogP) is 2.35. The van der Waals surface area contributed by atoms with E-state index in [4.69, 9.17) is 11.5 Å². The van der Waals surface area contributed by atoms with Crippen molar-refractivity contribution >= 4 is 30.7 Å². The highest BCUT2D eigenvalue weighted by Gasteiger charge is 2.30. The Bertz CT molecular complexity index is 441. The topological polar surface area (TPSA) is 81.1 Å². The summed E-state index contributed by atoms with van der Waals surface area (Å²) in [5, 5.41) is 2.58. The molecule has 0 saturated carbocycles. The highest BCUT2D eigenvalue weighted by atomic mass is 35.5. The molecule has 0 aliphatic heterocycles. The summed E-state index contributed by atoms with van der Waals surface area (Å²) in [6, 6.07) is 3.83. The van der Waals surface area contributed by atoms with Crippen molar-refractivity contribution in [2.75, 3.05) is 13.1 Å². The molecule has 0 unspecified atom stereocenters. The molecule has 1 aromatic rings. The SMILES string of the molecule is Cl.Cl.NCCC[C@H](N)CNC(=O)c1ccc(C(F)(F)F)cc1. The van der Waals surface area contributed by atoms with Gasteiger partial charge in [-0.05, 0) is 43.7 Å². The maximum absolute atomic E-state index is 12.4. The second-order valence-electron chi connectivity index (χ2n) is 4.48. The zero-order valence-electron chi connectivity index (χ0n) is 11.7. The van der Waals surface area contributed by atoms with Gasteiger partial charge in [-0.15, -0.1) is 24.8 Å². The first kappa shape index (κ1) is 23.2. The van der Waals surface area contributed by atoms with Crippen molar-refractivity contribution < 1.29 is 18.0 Å². The van der Waals surface area contributed by atoms with Gasteiger partial charge in [-0.2, -0.15) is 13.2 Å². The van der Waals surface area contributed by atoms with Gasteiger partial charge in [-0.1, -0.05) is 0 Å². The number of rotatable bonds is 6. The van der Waals surface area contributed by atoms with Crippen molar-refractivity contribution in [3.63, 3.8) is 0 Å². The van der Waals surface area contributed by atoms with E-state index in [1.165, 1.54) is 0 Å². The quantitative estimate of drug-likeness (QED) is 0.727. The highest BCUT2D eigenvalue weighted by Crippen LogP contribution is 2.28. The van der Waals surface area contributed by atoms with Crippen LogP contribution in [0.25, 0.3) is 0 Å². The van der Waals surface area contributed by atoms with Crippen molar-refractivity contribution in [2.24, 2.45) is 11.5 Å². The van der Waals surface area contributed by atoms with Gasteiger partial charge in [0.25, 0.3) is 5.91 Å². The summed E-state index contributed by atoms with van der Waals surface area (Å²) in [5.74, 6) is -0.443. The molecule has 1 rings (SSSR count). The lowest BCUT2D eigenvalue weighted by Gasteiger charge is -2.12. The maximum Gasteiger partial charge on any atom is 0.416 e. The Labute approximate surface area is 139 Å². The number of nitrogens with one attached hydrogen (secondary N) is 1. The molecular weight excluding hydrogens is 342 g/mol. The molecule has 0 heterocycles. The molecule has 0 aromatic heterocycles. The molecule has 1 aromatic carbocycles. The van der Waals surface area contributed by atoms with Crippen LogP contribution in [-0.2, 0) is 6.18 Å². The second kappa shape index (κ2) is 10.7. The van der Waals surface area contributed by atoms with Crippen molar-refractivity contribution in [2.45, 2.75) is 25.1 Å². The van der Waals surface area contributed by atoms with E-state index in [9.17, 15) is 18.0 Å².